The highest BCUT2D eigenvalue weighted by Crippen LogP contribution is 2.27. The minimum Gasteiger partial charge on any atom is -0.258 e. The van der Waals surface area contributed by atoms with E-state index in [9.17, 15) is 0 Å². The van der Waals surface area contributed by atoms with Gasteiger partial charge in [-0.2, -0.15) is 0 Å². The molecular formula is C11H12BrN3S. The second-order valence-corrected chi connectivity index (χ2v) is 6.01. The van der Waals surface area contributed by atoms with Gasteiger partial charge in [0.15, 0.2) is 5.82 Å². The molecule has 0 fully saturated rings. The molecule has 3 nitrogen and oxygen atoms in total. The van der Waals surface area contributed by atoms with Crippen LogP contribution in [0.3, 0.4) is 0 Å². The Hall–Kier alpha value is -0.810. The van der Waals surface area contributed by atoms with Gasteiger partial charge < -0.3 is 0 Å². The normalized spacial score (nSPS) is 11.0. The predicted octanol–water partition coefficient (Wildman–Crippen LogP) is 3.73. The van der Waals surface area contributed by atoms with Crippen LogP contribution in [0.4, 0.5) is 0 Å². The number of aromatic nitrogens is 3. The lowest BCUT2D eigenvalue weighted by Gasteiger charge is -1.99. The summed E-state index contributed by atoms with van der Waals surface area (Å²) in [6.07, 6.45) is 0. The zero-order valence-corrected chi connectivity index (χ0v) is 11.5. The van der Waals surface area contributed by atoms with Gasteiger partial charge in [-0.1, -0.05) is 59.7 Å². The maximum atomic E-state index is 4.45. The largest absolute Gasteiger partial charge is 0.258 e. The zero-order chi connectivity index (χ0) is 11.5. The number of hydrogen-bond acceptors (Lipinski definition) is 3. The molecule has 1 heterocycles. The number of benzene rings is 1. The third-order valence-electron chi connectivity index (χ3n) is 1.93. The van der Waals surface area contributed by atoms with Crippen molar-refractivity contribution < 1.29 is 0 Å². The molecule has 0 spiro atoms. The molecule has 0 aliphatic rings. The van der Waals surface area contributed by atoms with Gasteiger partial charge in [0.25, 0.3) is 0 Å². The SMILES string of the molecule is CC(C)Sc1n[nH]c(-c2ccccc2Br)n1. The molecule has 0 unspecified atom stereocenters. The summed E-state index contributed by atoms with van der Waals surface area (Å²) in [5.74, 6) is 0.802. The number of halogens is 1. The standard InChI is InChI=1S/C11H12BrN3S/c1-7(2)16-11-13-10(14-15-11)8-5-3-4-6-9(8)12/h3-7H,1-2H3,(H,13,14,15). The quantitative estimate of drug-likeness (QED) is 0.878. The molecule has 16 heavy (non-hydrogen) atoms. The van der Waals surface area contributed by atoms with Crippen molar-refractivity contribution in [2.24, 2.45) is 0 Å². The second kappa shape index (κ2) is 5.01. The van der Waals surface area contributed by atoms with Crippen LogP contribution >= 0.6 is 27.7 Å². The van der Waals surface area contributed by atoms with Crippen molar-refractivity contribution in [3.63, 3.8) is 0 Å². The summed E-state index contributed by atoms with van der Waals surface area (Å²) in [5.41, 5.74) is 1.03. The van der Waals surface area contributed by atoms with Crippen LogP contribution in [-0.4, -0.2) is 20.4 Å². The van der Waals surface area contributed by atoms with Gasteiger partial charge >= 0.3 is 0 Å². The minimum absolute atomic E-state index is 0.489. The van der Waals surface area contributed by atoms with Gasteiger partial charge in [-0.05, 0) is 6.07 Å². The summed E-state index contributed by atoms with van der Waals surface area (Å²) in [6.45, 7) is 4.25. The van der Waals surface area contributed by atoms with E-state index in [4.69, 9.17) is 0 Å². The average molecular weight is 298 g/mol. The van der Waals surface area contributed by atoms with Crippen LogP contribution < -0.4 is 0 Å². The van der Waals surface area contributed by atoms with Gasteiger partial charge in [-0.25, -0.2) is 4.98 Å². The number of nitrogens with zero attached hydrogens (tertiary/aromatic N) is 2. The summed E-state index contributed by atoms with van der Waals surface area (Å²) in [4.78, 5) is 4.45. The molecule has 0 aliphatic carbocycles. The van der Waals surface area contributed by atoms with Crippen LogP contribution in [0.2, 0.25) is 0 Å². The van der Waals surface area contributed by atoms with E-state index in [1.807, 2.05) is 24.3 Å². The first-order valence-corrected chi connectivity index (χ1v) is 6.68. The van der Waals surface area contributed by atoms with Crippen molar-refractivity contribution in [3.05, 3.63) is 28.7 Å². The summed E-state index contributed by atoms with van der Waals surface area (Å²) < 4.78 is 1.02. The Morgan fingerprint density at radius 3 is 2.75 bits per heavy atom. The topological polar surface area (TPSA) is 41.6 Å². The van der Waals surface area contributed by atoms with E-state index >= 15 is 0 Å². The lowest BCUT2D eigenvalue weighted by atomic mass is 10.2. The minimum atomic E-state index is 0.489. The van der Waals surface area contributed by atoms with Crippen molar-refractivity contribution in [2.75, 3.05) is 0 Å². The van der Waals surface area contributed by atoms with E-state index < -0.39 is 0 Å². The van der Waals surface area contributed by atoms with Crippen LogP contribution in [0.25, 0.3) is 11.4 Å². The highest BCUT2D eigenvalue weighted by molar-refractivity contribution is 9.10. The van der Waals surface area contributed by atoms with Crippen molar-refractivity contribution in [3.8, 4) is 11.4 Å². The summed E-state index contributed by atoms with van der Waals surface area (Å²) in [6, 6.07) is 7.97. The van der Waals surface area contributed by atoms with Crippen molar-refractivity contribution in [2.45, 2.75) is 24.3 Å². The fourth-order valence-corrected chi connectivity index (χ4v) is 2.42. The molecule has 1 aromatic heterocycles. The van der Waals surface area contributed by atoms with Gasteiger partial charge in [-0.15, -0.1) is 5.10 Å². The molecule has 0 amide bonds. The van der Waals surface area contributed by atoms with E-state index in [0.29, 0.717) is 5.25 Å². The first-order valence-electron chi connectivity index (χ1n) is 5.01. The molecule has 0 saturated carbocycles. The number of H-pyrrole nitrogens is 1. The highest BCUT2D eigenvalue weighted by atomic mass is 79.9. The Morgan fingerprint density at radius 1 is 1.31 bits per heavy atom. The maximum Gasteiger partial charge on any atom is 0.208 e. The highest BCUT2D eigenvalue weighted by Gasteiger charge is 2.09. The number of aromatic amines is 1. The lowest BCUT2D eigenvalue weighted by Crippen LogP contribution is -1.87. The van der Waals surface area contributed by atoms with Gasteiger partial charge in [0.1, 0.15) is 0 Å². The number of hydrogen-bond donors (Lipinski definition) is 1. The van der Waals surface area contributed by atoms with E-state index in [1.54, 1.807) is 11.8 Å². The number of nitrogens with one attached hydrogen (secondary N) is 1. The third kappa shape index (κ3) is 2.65. The predicted molar refractivity (Wildman–Crippen MR) is 70.5 cm³/mol. The first kappa shape index (κ1) is 11.7. The van der Waals surface area contributed by atoms with Crippen LogP contribution in [0.5, 0.6) is 0 Å². The first-order chi connectivity index (χ1) is 7.66. The molecule has 0 radical (unpaired) electrons. The summed E-state index contributed by atoms with van der Waals surface area (Å²) >= 11 is 5.15. The fourth-order valence-electron chi connectivity index (χ4n) is 1.28. The van der Waals surface area contributed by atoms with Crippen molar-refractivity contribution in [1.29, 1.82) is 0 Å². The molecule has 5 heteroatoms. The molecule has 0 atom stereocenters. The third-order valence-corrected chi connectivity index (χ3v) is 3.49. The van der Waals surface area contributed by atoms with Gasteiger partial charge in [0.05, 0.1) is 0 Å². The zero-order valence-electron chi connectivity index (χ0n) is 9.07. The van der Waals surface area contributed by atoms with Crippen LogP contribution in [0.15, 0.2) is 33.9 Å². The van der Waals surface area contributed by atoms with E-state index in [-0.39, 0.29) is 0 Å². The lowest BCUT2D eigenvalue weighted by molar-refractivity contribution is 0.961. The van der Waals surface area contributed by atoms with Gasteiger partial charge in [0, 0.05) is 15.3 Å². The fraction of sp³-hybridized carbons (Fsp3) is 0.273. The number of rotatable bonds is 3. The Balaban J connectivity index is 2.28. The van der Waals surface area contributed by atoms with Crippen LogP contribution in [0.1, 0.15) is 13.8 Å². The second-order valence-electron chi connectivity index (χ2n) is 3.61. The summed E-state index contributed by atoms with van der Waals surface area (Å²) in [5, 5.41) is 8.42. The Labute approximate surface area is 107 Å². The molecule has 0 saturated heterocycles. The molecule has 1 aromatic carbocycles. The maximum absolute atomic E-state index is 4.45. The van der Waals surface area contributed by atoms with Crippen LogP contribution in [0, 0.1) is 0 Å². The molecule has 2 aromatic rings. The Morgan fingerprint density at radius 2 is 2.06 bits per heavy atom. The molecule has 1 N–H and O–H groups in total. The van der Waals surface area contributed by atoms with E-state index in [0.717, 1.165) is 21.0 Å². The molecular weight excluding hydrogens is 286 g/mol. The smallest absolute Gasteiger partial charge is 0.208 e. The average Bonchev–Trinajstić information content (AvgIpc) is 2.66. The van der Waals surface area contributed by atoms with Gasteiger partial charge in [0.2, 0.25) is 5.16 Å². The molecule has 84 valence electrons. The van der Waals surface area contributed by atoms with E-state index in [1.165, 1.54) is 0 Å². The molecule has 2 rings (SSSR count). The Bertz CT molecular complexity index is 482. The molecule has 0 bridgehead atoms. The summed E-state index contributed by atoms with van der Waals surface area (Å²) in [7, 11) is 0. The Kier molecular flexibility index (Phi) is 3.66. The van der Waals surface area contributed by atoms with Crippen molar-refractivity contribution >= 4 is 27.7 Å². The number of thioether (sulfide) groups is 1. The van der Waals surface area contributed by atoms with Crippen molar-refractivity contribution in [1.82, 2.24) is 15.2 Å². The van der Waals surface area contributed by atoms with E-state index in [2.05, 4.69) is 45.0 Å². The molecule has 0 aliphatic heterocycles. The van der Waals surface area contributed by atoms with Crippen LogP contribution in [-0.2, 0) is 0 Å². The van der Waals surface area contributed by atoms with Gasteiger partial charge in [-0.3, -0.25) is 5.10 Å². The monoisotopic (exact) mass is 297 g/mol.